The maximum absolute atomic E-state index is 14.9. The predicted octanol–water partition coefficient (Wildman–Crippen LogP) is 7.86. The zero-order chi connectivity index (χ0) is 30.1. The van der Waals surface area contributed by atoms with Crippen LogP contribution in [0.5, 0.6) is 0 Å². The molecule has 0 fully saturated rings. The number of aryl methyl sites for hydroxylation is 2. The maximum atomic E-state index is 14.9. The van der Waals surface area contributed by atoms with Gasteiger partial charge in [0.05, 0.1) is 11.1 Å². The summed E-state index contributed by atoms with van der Waals surface area (Å²) in [6.07, 6.45) is -5.64. The lowest BCUT2D eigenvalue weighted by atomic mass is 9.90. The minimum absolute atomic E-state index is 0.0923. The van der Waals surface area contributed by atoms with Crippen molar-refractivity contribution in [3.05, 3.63) is 94.7 Å². The Balaban J connectivity index is 2.00. The first-order valence-electron chi connectivity index (χ1n) is 12.8. The van der Waals surface area contributed by atoms with Crippen LogP contribution in [0.4, 0.5) is 22.0 Å². The molecule has 0 spiro atoms. The van der Waals surface area contributed by atoms with E-state index in [4.69, 9.17) is 4.42 Å². The summed E-state index contributed by atoms with van der Waals surface area (Å²) in [7, 11) is 1.41. The molecule has 5 nitrogen and oxygen atoms in total. The van der Waals surface area contributed by atoms with Crippen molar-refractivity contribution in [2.75, 3.05) is 7.05 Å². The van der Waals surface area contributed by atoms with Gasteiger partial charge in [-0.05, 0) is 90.6 Å². The molecule has 41 heavy (non-hydrogen) atoms. The van der Waals surface area contributed by atoms with E-state index < -0.39 is 42.5 Å². The Morgan fingerprint density at radius 2 is 1.66 bits per heavy atom. The summed E-state index contributed by atoms with van der Waals surface area (Å²) in [5.74, 6) is -2.49. The Morgan fingerprint density at radius 3 is 2.27 bits per heavy atom. The highest BCUT2D eigenvalue weighted by atomic mass is 19.4. The van der Waals surface area contributed by atoms with Crippen LogP contribution in [0.2, 0.25) is 0 Å². The fourth-order valence-electron chi connectivity index (χ4n) is 4.53. The third-order valence-electron chi connectivity index (χ3n) is 6.72. The van der Waals surface area contributed by atoms with Crippen molar-refractivity contribution in [2.24, 2.45) is 0 Å². The minimum atomic E-state index is -4.47. The van der Waals surface area contributed by atoms with E-state index in [9.17, 15) is 31.5 Å². The quantitative estimate of drug-likeness (QED) is 0.212. The minimum Gasteiger partial charge on any atom is -0.455 e. The van der Waals surface area contributed by atoms with Gasteiger partial charge in [-0.25, -0.2) is 8.78 Å². The number of furan rings is 1. The Bertz CT molecular complexity index is 1650. The Hall–Kier alpha value is -4.47. The molecule has 214 valence electrons. The monoisotopic (exact) mass is 570 g/mol. The normalized spacial score (nSPS) is 11.5. The standard InChI is InChI=1S/C31H27F5N2O3/c1-5-17(3)38-29(39)23-14-21(16(2)12-25(23)33)22-15-24-26(13-19(22)10-11-31(34,35)36)41-28(27(24)30(40)37-4)18-6-8-20(32)9-7-18/h6-9,12-15H,3,5,10-11H2,1-2,4H3,(H,37,40)(H,38,39). The number of carbonyl (C=O) groups is 2. The zero-order valence-corrected chi connectivity index (χ0v) is 22.6. The van der Waals surface area contributed by atoms with Crippen molar-refractivity contribution >= 4 is 22.8 Å². The van der Waals surface area contributed by atoms with Crippen molar-refractivity contribution in [3.8, 4) is 22.5 Å². The maximum Gasteiger partial charge on any atom is 0.389 e. The molecule has 0 unspecified atom stereocenters. The molecule has 0 aliphatic rings. The second kappa shape index (κ2) is 11.6. The van der Waals surface area contributed by atoms with Gasteiger partial charge in [-0.15, -0.1) is 0 Å². The summed E-state index contributed by atoms with van der Waals surface area (Å²) in [6, 6.07) is 10.6. The number of halogens is 5. The van der Waals surface area contributed by atoms with Gasteiger partial charge in [0.1, 0.15) is 23.0 Å². The predicted molar refractivity (Wildman–Crippen MR) is 146 cm³/mol. The number of benzene rings is 3. The van der Waals surface area contributed by atoms with Gasteiger partial charge in [0, 0.05) is 30.1 Å². The first kappa shape index (κ1) is 29.5. The van der Waals surface area contributed by atoms with Gasteiger partial charge in [-0.2, -0.15) is 13.2 Å². The lowest BCUT2D eigenvalue weighted by molar-refractivity contribution is -0.133. The highest BCUT2D eigenvalue weighted by Crippen LogP contribution is 2.40. The molecule has 0 saturated heterocycles. The van der Waals surface area contributed by atoms with Gasteiger partial charge in [0.2, 0.25) is 0 Å². The number of fused-ring (bicyclic) bond motifs is 1. The number of carbonyl (C=O) groups excluding carboxylic acids is 2. The number of rotatable bonds is 8. The van der Waals surface area contributed by atoms with Crippen molar-refractivity contribution in [1.29, 1.82) is 0 Å². The van der Waals surface area contributed by atoms with Gasteiger partial charge >= 0.3 is 6.18 Å². The lowest BCUT2D eigenvalue weighted by Gasteiger charge is -2.16. The molecule has 2 amide bonds. The van der Waals surface area contributed by atoms with Gasteiger partial charge < -0.3 is 15.1 Å². The molecule has 0 aliphatic carbocycles. The second-order valence-corrected chi connectivity index (χ2v) is 9.57. The summed E-state index contributed by atoms with van der Waals surface area (Å²) >= 11 is 0. The average molecular weight is 571 g/mol. The van der Waals surface area contributed by atoms with Crippen LogP contribution in [0.25, 0.3) is 33.4 Å². The summed E-state index contributed by atoms with van der Waals surface area (Å²) in [6.45, 7) is 7.03. The molecule has 2 N–H and O–H groups in total. The lowest BCUT2D eigenvalue weighted by Crippen LogP contribution is -2.23. The van der Waals surface area contributed by atoms with Crippen LogP contribution in [0.3, 0.4) is 0 Å². The van der Waals surface area contributed by atoms with Crippen LogP contribution >= 0.6 is 0 Å². The van der Waals surface area contributed by atoms with E-state index in [2.05, 4.69) is 17.2 Å². The van der Waals surface area contributed by atoms with Crippen molar-refractivity contribution in [1.82, 2.24) is 10.6 Å². The van der Waals surface area contributed by atoms with Crippen molar-refractivity contribution in [3.63, 3.8) is 0 Å². The van der Waals surface area contributed by atoms with E-state index in [0.29, 0.717) is 28.8 Å². The first-order chi connectivity index (χ1) is 19.3. The molecule has 0 bridgehead atoms. The highest BCUT2D eigenvalue weighted by Gasteiger charge is 2.29. The molecular weight excluding hydrogens is 543 g/mol. The van der Waals surface area contributed by atoms with E-state index in [1.807, 2.05) is 0 Å². The van der Waals surface area contributed by atoms with Gasteiger partial charge in [-0.3, -0.25) is 9.59 Å². The van der Waals surface area contributed by atoms with Gasteiger partial charge in [-0.1, -0.05) is 13.5 Å². The van der Waals surface area contributed by atoms with Crippen LogP contribution in [-0.2, 0) is 6.42 Å². The smallest absolute Gasteiger partial charge is 0.389 e. The molecule has 4 rings (SSSR count). The molecular formula is C31H27F5N2O3. The fourth-order valence-corrected chi connectivity index (χ4v) is 4.53. The molecule has 0 saturated carbocycles. The van der Waals surface area contributed by atoms with E-state index in [0.717, 1.165) is 6.07 Å². The van der Waals surface area contributed by atoms with Crippen LogP contribution in [0, 0.1) is 18.6 Å². The summed E-state index contributed by atoms with van der Waals surface area (Å²) < 4.78 is 74.4. The van der Waals surface area contributed by atoms with Crippen LogP contribution in [-0.4, -0.2) is 25.0 Å². The van der Waals surface area contributed by atoms with Crippen molar-refractivity contribution < 1.29 is 36.0 Å². The zero-order valence-electron chi connectivity index (χ0n) is 22.6. The molecule has 1 heterocycles. The topological polar surface area (TPSA) is 71.3 Å². The largest absolute Gasteiger partial charge is 0.455 e. The first-order valence-corrected chi connectivity index (χ1v) is 12.8. The number of nitrogens with one attached hydrogen (secondary N) is 2. The molecule has 3 aromatic carbocycles. The number of amides is 2. The third kappa shape index (κ3) is 6.32. The molecule has 0 aliphatic heterocycles. The second-order valence-electron chi connectivity index (χ2n) is 9.57. The SMILES string of the molecule is C=C(CC)NC(=O)c1cc(-c2cc3c(C(=O)NC)c(-c4ccc(F)cc4)oc3cc2CCC(F)(F)F)c(C)cc1F. The van der Waals surface area contributed by atoms with Crippen LogP contribution in [0.15, 0.2) is 65.2 Å². The number of allylic oxidation sites excluding steroid dienone is 1. The van der Waals surface area contributed by atoms with E-state index >= 15 is 0 Å². The number of hydrogen-bond donors (Lipinski definition) is 2. The van der Waals surface area contributed by atoms with E-state index in [1.165, 1.54) is 49.5 Å². The van der Waals surface area contributed by atoms with Crippen LogP contribution in [0.1, 0.15) is 51.6 Å². The molecule has 4 aromatic rings. The third-order valence-corrected chi connectivity index (χ3v) is 6.72. The summed E-state index contributed by atoms with van der Waals surface area (Å²) in [5.41, 5.74) is 1.84. The molecule has 0 radical (unpaired) electrons. The Kier molecular flexibility index (Phi) is 8.32. The van der Waals surface area contributed by atoms with Crippen molar-refractivity contribution in [2.45, 2.75) is 39.3 Å². The summed E-state index contributed by atoms with van der Waals surface area (Å²) in [4.78, 5) is 25.8. The average Bonchev–Trinajstić information content (AvgIpc) is 3.29. The fraction of sp³-hybridized carbons (Fsp3) is 0.226. The number of hydrogen-bond acceptors (Lipinski definition) is 3. The molecule has 10 heteroatoms. The van der Waals surface area contributed by atoms with E-state index in [-0.39, 0.29) is 39.0 Å². The summed E-state index contributed by atoms with van der Waals surface area (Å²) in [5, 5.41) is 5.33. The Labute approximate surface area is 233 Å². The van der Waals surface area contributed by atoms with Gasteiger partial charge in [0.15, 0.2) is 0 Å². The molecule has 1 aromatic heterocycles. The number of alkyl halides is 3. The molecule has 0 atom stereocenters. The van der Waals surface area contributed by atoms with Gasteiger partial charge in [0.25, 0.3) is 11.8 Å². The highest BCUT2D eigenvalue weighted by molar-refractivity contribution is 6.12. The van der Waals surface area contributed by atoms with E-state index in [1.54, 1.807) is 13.8 Å². The Morgan fingerprint density at radius 1 is 0.976 bits per heavy atom. The van der Waals surface area contributed by atoms with Crippen LogP contribution < -0.4 is 10.6 Å².